The quantitative estimate of drug-likeness (QED) is 0.692. The summed E-state index contributed by atoms with van der Waals surface area (Å²) in [6, 6.07) is 4.95. The van der Waals surface area contributed by atoms with Gasteiger partial charge in [-0.25, -0.2) is 8.42 Å². The zero-order chi connectivity index (χ0) is 22.9. The van der Waals surface area contributed by atoms with Crippen molar-refractivity contribution in [2.24, 2.45) is 11.8 Å². The van der Waals surface area contributed by atoms with Gasteiger partial charge in [0.15, 0.2) is 0 Å². The van der Waals surface area contributed by atoms with Gasteiger partial charge in [-0.2, -0.15) is 4.31 Å². The van der Waals surface area contributed by atoms with Crippen molar-refractivity contribution >= 4 is 39.3 Å². The van der Waals surface area contributed by atoms with Crippen LogP contribution in [0.15, 0.2) is 28.0 Å². The normalized spacial score (nSPS) is 27.1. The Kier molecular flexibility index (Phi) is 7.14. The number of nitrogens with zero attached hydrogens (tertiary/aromatic N) is 2. The fourth-order valence-corrected chi connectivity index (χ4v) is 6.98. The summed E-state index contributed by atoms with van der Waals surface area (Å²) in [7, 11) is -3.70. The van der Waals surface area contributed by atoms with E-state index in [4.69, 9.17) is 4.74 Å². The van der Waals surface area contributed by atoms with Crippen LogP contribution in [-0.2, 0) is 24.3 Å². The van der Waals surface area contributed by atoms with E-state index >= 15 is 0 Å². The number of morpholine rings is 1. The molecule has 1 saturated carbocycles. The van der Waals surface area contributed by atoms with Crippen LogP contribution in [0.3, 0.4) is 0 Å². The average Bonchev–Trinajstić information content (AvgIpc) is 2.79. The molecule has 1 N–H and O–H groups in total. The monoisotopic (exact) mass is 481 g/mol. The number of sulfonamides is 1. The van der Waals surface area contributed by atoms with Gasteiger partial charge in [-0.05, 0) is 36.5 Å². The number of benzene rings is 1. The standard InChI is InChI=1S/C22H31N3O5S2/c1-15-4-3-5-18(16(15)2)23-21(26)13-25-19-12-17(6-7-20(19)31-14-22(25)27)32(28,29)24-8-10-30-11-9-24/h6-7,12,15-16,18H,3-5,8-11,13-14H2,1-2H3,(H,23,26)/t15-,16-,18-/m1/s1. The fourth-order valence-electron chi connectivity index (χ4n) is 4.63. The number of carbonyl (C=O) groups is 2. The number of rotatable bonds is 5. The predicted octanol–water partition coefficient (Wildman–Crippen LogP) is 2.09. The molecule has 10 heteroatoms. The minimum absolute atomic E-state index is 0.105. The summed E-state index contributed by atoms with van der Waals surface area (Å²) in [5.74, 6) is 0.771. The van der Waals surface area contributed by atoms with Crippen LogP contribution in [0.2, 0.25) is 0 Å². The van der Waals surface area contributed by atoms with Gasteiger partial charge in [0.05, 0.1) is 29.5 Å². The van der Waals surface area contributed by atoms with Gasteiger partial charge in [-0.1, -0.05) is 26.7 Å². The number of hydrogen-bond donors (Lipinski definition) is 1. The van der Waals surface area contributed by atoms with Gasteiger partial charge in [0.1, 0.15) is 6.54 Å². The van der Waals surface area contributed by atoms with E-state index in [1.165, 1.54) is 33.5 Å². The van der Waals surface area contributed by atoms with Crippen LogP contribution in [0.25, 0.3) is 0 Å². The van der Waals surface area contributed by atoms with Crippen LogP contribution in [0, 0.1) is 11.8 Å². The summed E-state index contributed by atoms with van der Waals surface area (Å²) in [6.45, 7) is 5.60. The van der Waals surface area contributed by atoms with E-state index in [1.54, 1.807) is 12.1 Å². The van der Waals surface area contributed by atoms with E-state index in [-0.39, 0.29) is 35.0 Å². The van der Waals surface area contributed by atoms with Crippen molar-refractivity contribution in [1.29, 1.82) is 0 Å². The third kappa shape index (κ3) is 4.83. The van der Waals surface area contributed by atoms with E-state index in [2.05, 4.69) is 19.2 Å². The summed E-state index contributed by atoms with van der Waals surface area (Å²) in [5.41, 5.74) is 0.487. The van der Waals surface area contributed by atoms with E-state index in [9.17, 15) is 18.0 Å². The second-order valence-electron chi connectivity index (χ2n) is 8.86. The number of thioether (sulfide) groups is 1. The van der Waals surface area contributed by atoms with Crippen molar-refractivity contribution in [2.45, 2.75) is 48.9 Å². The molecule has 0 spiro atoms. The number of amides is 2. The highest BCUT2D eigenvalue weighted by atomic mass is 32.2. The summed E-state index contributed by atoms with van der Waals surface area (Å²) in [4.78, 5) is 27.9. The number of fused-ring (bicyclic) bond motifs is 1. The molecule has 4 rings (SSSR count). The Hall–Kier alpha value is -1.62. The largest absolute Gasteiger partial charge is 0.379 e. The lowest BCUT2D eigenvalue weighted by atomic mass is 9.78. The van der Waals surface area contributed by atoms with Crippen LogP contribution in [0.4, 0.5) is 5.69 Å². The van der Waals surface area contributed by atoms with Crippen LogP contribution in [0.1, 0.15) is 33.1 Å². The van der Waals surface area contributed by atoms with Gasteiger partial charge in [0.25, 0.3) is 0 Å². The zero-order valence-electron chi connectivity index (χ0n) is 18.6. The third-order valence-corrected chi connectivity index (χ3v) is 9.78. The molecule has 0 aromatic heterocycles. The smallest absolute Gasteiger partial charge is 0.243 e. The van der Waals surface area contributed by atoms with Gasteiger partial charge in [0.2, 0.25) is 21.8 Å². The van der Waals surface area contributed by atoms with Crippen molar-refractivity contribution in [2.75, 3.05) is 43.5 Å². The highest BCUT2D eigenvalue weighted by Gasteiger charge is 2.33. The molecule has 2 aliphatic heterocycles. The minimum atomic E-state index is -3.70. The second-order valence-corrected chi connectivity index (χ2v) is 11.8. The van der Waals surface area contributed by atoms with Crippen LogP contribution in [0.5, 0.6) is 0 Å². The summed E-state index contributed by atoms with van der Waals surface area (Å²) in [6.07, 6.45) is 3.20. The maximum absolute atomic E-state index is 13.1. The van der Waals surface area contributed by atoms with Crippen LogP contribution in [-0.4, -0.2) is 69.2 Å². The first-order chi connectivity index (χ1) is 15.3. The number of carbonyl (C=O) groups excluding carboxylic acids is 2. The highest BCUT2D eigenvalue weighted by Crippen LogP contribution is 2.37. The molecule has 3 atom stereocenters. The molecule has 0 radical (unpaired) electrons. The second kappa shape index (κ2) is 9.70. The first kappa shape index (κ1) is 23.5. The highest BCUT2D eigenvalue weighted by molar-refractivity contribution is 8.00. The van der Waals surface area contributed by atoms with Crippen molar-refractivity contribution in [3.8, 4) is 0 Å². The Morgan fingerprint density at radius 3 is 2.72 bits per heavy atom. The molecule has 0 bridgehead atoms. The first-order valence-electron chi connectivity index (χ1n) is 11.2. The Bertz CT molecular complexity index is 978. The molecule has 3 aliphatic rings. The molecule has 32 heavy (non-hydrogen) atoms. The molecule has 2 fully saturated rings. The van der Waals surface area contributed by atoms with Crippen molar-refractivity contribution in [3.63, 3.8) is 0 Å². The molecule has 1 saturated heterocycles. The maximum Gasteiger partial charge on any atom is 0.243 e. The SMILES string of the molecule is C[C@@H]1[C@H](C)CCC[C@H]1NC(=O)CN1C(=O)CSc2ccc(S(=O)(=O)N3CCOCC3)cc21. The molecule has 1 aromatic carbocycles. The van der Waals surface area contributed by atoms with Crippen LogP contribution < -0.4 is 10.2 Å². The summed E-state index contributed by atoms with van der Waals surface area (Å²) < 4.78 is 32.9. The molecule has 1 aliphatic carbocycles. The van der Waals surface area contributed by atoms with Crippen molar-refractivity contribution in [3.05, 3.63) is 18.2 Å². The van der Waals surface area contributed by atoms with E-state index in [0.29, 0.717) is 43.8 Å². The first-order valence-corrected chi connectivity index (χ1v) is 13.6. The Morgan fingerprint density at radius 2 is 1.97 bits per heavy atom. The Labute approximate surface area is 194 Å². The Balaban J connectivity index is 1.54. The molecular formula is C22H31N3O5S2. The number of nitrogens with one attached hydrogen (secondary N) is 1. The zero-order valence-corrected chi connectivity index (χ0v) is 20.2. The van der Waals surface area contributed by atoms with Crippen molar-refractivity contribution in [1.82, 2.24) is 9.62 Å². The average molecular weight is 482 g/mol. The Morgan fingerprint density at radius 1 is 1.22 bits per heavy atom. The van der Waals surface area contributed by atoms with E-state index in [0.717, 1.165) is 17.7 Å². The maximum atomic E-state index is 13.1. The number of hydrogen-bond acceptors (Lipinski definition) is 6. The van der Waals surface area contributed by atoms with Crippen LogP contribution >= 0.6 is 11.8 Å². The summed E-state index contributed by atoms with van der Waals surface area (Å²) >= 11 is 1.37. The molecule has 2 amide bonds. The lowest BCUT2D eigenvalue weighted by molar-refractivity contribution is -0.124. The lowest BCUT2D eigenvalue weighted by Crippen LogP contribution is -2.49. The predicted molar refractivity (Wildman–Crippen MR) is 123 cm³/mol. The topological polar surface area (TPSA) is 96.0 Å². The molecular weight excluding hydrogens is 450 g/mol. The summed E-state index contributed by atoms with van der Waals surface area (Å²) in [5, 5.41) is 3.11. The fraction of sp³-hybridized carbons (Fsp3) is 0.636. The van der Waals surface area contributed by atoms with Gasteiger partial charge in [-0.15, -0.1) is 11.8 Å². The van der Waals surface area contributed by atoms with Gasteiger partial charge < -0.3 is 15.0 Å². The minimum Gasteiger partial charge on any atom is -0.379 e. The number of anilines is 1. The molecule has 0 unspecified atom stereocenters. The van der Waals surface area contributed by atoms with E-state index in [1.807, 2.05) is 0 Å². The molecule has 8 nitrogen and oxygen atoms in total. The van der Waals surface area contributed by atoms with Gasteiger partial charge >= 0.3 is 0 Å². The lowest BCUT2D eigenvalue weighted by Gasteiger charge is -2.35. The molecule has 176 valence electrons. The molecule has 1 aromatic rings. The third-order valence-electron chi connectivity index (χ3n) is 6.84. The number of ether oxygens (including phenoxy) is 1. The van der Waals surface area contributed by atoms with Crippen molar-refractivity contribution < 1.29 is 22.7 Å². The van der Waals surface area contributed by atoms with E-state index < -0.39 is 10.0 Å². The van der Waals surface area contributed by atoms with Gasteiger partial charge in [0, 0.05) is 24.0 Å². The van der Waals surface area contributed by atoms with Gasteiger partial charge in [-0.3, -0.25) is 9.59 Å². The molecule has 2 heterocycles.